The molecule has 0 saturated heterocycles. The molecule has 0 saturated carbocycles. The molecular weight excluding hydrogens is 687 g/mol. The summed E-state index contributed by atoms with van der Waals surface area (Å²) in [5.74, 6) is 0. The molecule has 3 heterocycles. The van der Waals surface area contributed by atoms with Crippen LogP contribution in [0.1, 0.15) is 0 Å². The summed E-state index contributed by atoms with van der Waals surface area (Å²) in [6, 6.07) is 61.2. The van der Waals surface area contributed by atoms with E-state index in [0.717, 1.165) is 16.9 Å². The van der Waals surface area contributed by atoms with Gasteiger partial charge < -0.3 is 9.32 Å². The molecule has 9 aromatic rings. The molecule has 0 fully saturated rings. The lowest BCUT2D eigenvalue weighted by atomic mass is 10.00. The average molecular weight is 726 g/mol. The van der Waals surface area contributed by atoms with Crippen molar-refractivity contribution >= 4 is 86.7 Å². The highest BCUT2D eigenvalue weighted by molar-refractivity contribution is 7.04. The average Bonchev–Trinajstić information content (AvgIpc) is 3.77. The first kappa shape index (κ1) is 31.6. The number of benzene rings is 8. The van der Waals surface area contributed by atoms with Gasteiger partial charge >= 0.3 is 0 Å². The van der Waals surface area contributed by atoms with Crippen molar-refractivity contribution in [2.75, 3.05) is 4.90 Å². The molecule has 8 aromatic carbocycles. The van der Waals surface area contributed by atoms with Crippen LogP contribution in [0.3, 0.4) is 0 Å². The highest BCUT2D eigenvalue weighted by Crippen LogP contribution is 2.43. The van der Waals surface area contributed by atoms with Crippen LogP contribution >= 0.6 is 0 Å². The first-order chi connectivity index (χ1) is 26.3. The lowest BCUT2D eigenvalue weighted by Gasteiger charge is -2.29. The summed E-state index contributed by atoms with van der Waals surface area (Å²) in [6.45, 7) is 10.0. The van der Waals surface area contributed by atoms with Crippen LogP contribution in [-0.4, -0.2) is 16.1 Å². The predicted molar refractivity (Wildman–Crippen MR) is 236 cm³/mol. The van der Waals surface area contributed by atoms with Gasteiger partial charge in [0.25, 0.3) is 0 Å². The summed E-state index contributed by atoms with van der Waals surface area (Å²) >= 11 is 0. The Morgan fingerprint density at radius 3 is 1.91 bits per heavy atom. The summed E-state index contributed by atoms with van der Waals surface area (Å²) in [6.07, 6.45) is 0. The molecule has 54 heavy (non-hydrogen) atoms. The Morgan fingerprint density at radius 1 is 0.407 bits per heavy atom. The van der Waals surface area contributed by atoms with Crippen LogP contribution < -0.4 is 25.6 Å². The Morgan fingerprint density at radius 2 is 1.06 bits per heavy atom. The van der Waals surface area contributed by atoms with Crippen LogP contribution in [0.2, 0.25) is 26.2 Å². The Kier molecular flexibility index (Phi) is 6.60. The number of furan rings is 1. The van der Waals surface area contributed by atoms with E-state index < -0.39 is 16.1 Å². The van der Waals surface area contributed by atoms with E-state index >= 15 is 0 Å². The summed E-state index contributed by atoms with van der Waals surface area (Å²) in [7, 11) is -3.98. The molecular formula is C50H39NOSi2. The molecule has 2 aliphatic heterocycles. The Balaban J connectivity index is 1.11. The minimum Gasteiger partial charge on any atom is -0.455 e. The van der Waals surface area contributed by atoms with Gasteiger partial charge in [-0.2, -0.15) is 0 Å². The molecule has 258 valence electrons. The highest BCUT2D eigenvalue weighted by atomic mass is 28.3. The Hall–Kier alpha value is -5.95. The molecule has 0 spiro atoms. The summed E-state index contributed by atoms with van der Waals surface area (Å²) in [5, 5.41) is 10.8. The van der Waals surface area contributed by atoms with Crippen molar-refractivity contribution in [3.8, 4) is 33.4 Å². The molecule has 0 unspecified atom stereocenters. The Labute approximate surface area is 318 Å². The van der Waals surface area contributed by atoms with Gasteiger partial charge in [-0.25, -0.2) is 0 Å². The zero-order chi connectivity index (χ0) is 36.3. The minimum absolute atomic E-state index is 0.952. The minimum atomic E-state index is -2.08. The van der Waals surface area contributed by atoms with Crippen LogP contribution in [0.5, 0.6) is 0 Å². The highest BCUT2D eigenvalue weighted by Gasteiger charge is 2.41. The van der Waals surface area contributed by atoms with Crippen molar-refractivity contribution in [1.29, 1.82) is 0 Å². The standard InChI is InChI=1S/C50H39NOSi2/c1-53(2)45-19-10-8-17-40(45)41-24-22-37(30-47(41)53)51(36-15-11-14-34(29-36)35-21-20-32-12-5-6-13-33(32)28-35)38-23-25-43-48(31-38)54(3,4)46-27-26-42-39-16-7-9-18-44(39)52-50(42)49(43)46/h5-31H,1-4H3. The lowest BCUT2D eigenvalue weighted by Crippen LogP contribution is -2.49. The molecule has 11 rings (SSSR count). The van der Waals surface area contributed by atoms with Crippen molar-refractivity contribution in [3.05, 3.63) is 164 Å². The number of nitrogens with zero attached hydrogens (tertiary/aromatic N) is 1. The van der Waals surface area contributed by atoms with Crippen molar-refractivity contribution < 1.29 is 4.42 Å². The molecule has 0 amide bonds. The fourth-order valence-electron chi connectivity index (χ4n) is 9.60. The van der Waals surface area contributed by atoms with E-state index in [1.807, 2.05) is 0 Å². The number of fused-ring (bicyclic) bond motifs is 11. The molecule has 0 bridgehead atoms. The third kappa shape index (κ3) is 4.44. The van der Waals surface area contributed by atoms with Crippen molar-refractivity contribution in [1.82, 2.24) is 0 Å². The van der Waals surface area contributed by atoms with Crippen molar-refractivity contribution in [3.63, 3.8) is 0 Å². The molecule has 2 nitrogen and oxygen atoms in total. The van der Waals surface area contributed by atoms with Gasteiger partial charge in [0, 0.05) is 33.4 Å². The van der Waals surface area contributed by atoms with Gasteiger partial charge in [0.05, 0.1) is 0 Å². The van der Waals surface area contributed by atoms with E-state index in [9.17, 15) is 0 Å². The lowest BCUT2D eigenvalue weighted by molar-refractivity contribution is 0.670. The maximum Gasteiger partial charge on any atom is 0.143 e. The van der Waals surface area contributed by atoms with Gasteiger partial charge in [-0.1, -0.05) is 141 Å². The SMILES string of the molecule is C[Si]1(C)c2ccccc2-c2ccc(N(c3cccc(-c4ccc5ccccc5c4)c3)c3ccc4c(c3)[Si](C)(C)c3ccc5c(oc6ccccc65)c3-4)cc21. The molecule has 4 heteroatoms. The second-order valence-corrected chi connectivity index (χ2v) is 24.8. The monoisotopic (exact) mass is 725 g/mol. The third-order valence-electron chi connectivity index (χ3n) is 12.4. The number of para-hydroxylation sites is 1. The van der Waals surface area contributed by atoms with Crippen LogP contribution in [0.25, 0.3) is 66.1 Å². The quantitative estimate of drug-likeness (QED) is 0.168. The molecule has 0 radical (unpaired) electrons. The van der Waals surface area contributed by atoms with Crippen LogP contribution in [-0.2, 0) is 0 Å². The number of rotatable bonds is 4. The maximum atomic E-state index is 6.65. The third-order valence-corrected chi connectivity index (χ3v) is 19.5. The molecule has 2 aliphatic rings. The summed E-state index contributed by atoms with van der Waals surface area (Å²) < 4.78 is 6.65. The van der Waals surface area contributed by atoms with Crippen molar-refractivity contribution in [2.45, 2.75) is 26.2 Å². The number of anilines is 3. The molecule has 0 atom stereocenters. The van der Waals surface area contributed by atoms with Gasteiger partial charge in [-0.15, -0.1) is 0 Å². The molecule has 0 aliphatic carbocycles. The maximum absolute atomic E-state index is 6.65. The fraction of sp³-hybridized carbons (Fsp3) is 0.0800. The fourth-order valence-corrected chi connectivity index (χ4v) is 15.7. The summed E-state index contributed by atoms with van der Waals surface area (Å²) in [5.41, 5.74) is 13.4. The van der Waals surface area contributed by atoms with E-state index in [1.165, 1.54) is 87.0 Å². The zero-order valence-electron chi connectivity index (χ0n) is 30.9. The van der Waals surface area contributed by atoms with Crippen molar-refractivity contribution in [2.24, 2.45) is 0 Å². The zero-order valence-corrected chi connectivity index (χ0v) is 32.9. The van der Waals surface area contributed by atoms with Gasteiger partial charge in [-0.05, 0) is 108 Å². The van der Waals surface area contributed by atoms with Gasteiger partial charge in [0.15, 0.2) is 0 Å². The van der Waals surface area contributed by atoms with E-state index in [2.05, 4.69) is 195 Å². The van der Waals surface area contributed by atoms with Gasteiger partial charge in [0.2, 0.25) is 0 Å². The smallest absolute Gasteiger partial charge is 0.143 e. The predicted octanol–water partition coefficient (Wildman–Crippen LogP) is 11.5. The van der Waals surface area contributed by atoms with E-state index in [4.69, 9.17) is 4.42 Å². The Bertz CT molecular complexity index is 3020. The second-order valence-electron chi connectivity index (χ2n) is 16.2. The number of hydrogen-bond acceptors (Lipinski definition) is 2. The molecule has 1 aromatic heterocycles. The summed E-state index contributed by atoms with van der Waals surface area (Å²) in [4.78, 5) is 2.50. The first-order valence-electron chi connectivity index (χ1n) is 19.0. The largest absolute Gasteiger partial charge is 0.455 e. The van der Waals surface area contributed by atoms with E-state index in [1.54, 1.807) is 0 Å². The number of hydrogen-bond donors (Lipinski definition) is 0. The van der Waals surface area contributed by atoms with E-state index in [-0.39, 0.29) is 0 Å². The van der Waals surface area contributed by atoms with Gasteiger partial charge in [-0.3, -0.25) is 0 Å². The molecule has 0 N–H and O–H groups in total. The van der Waals surface area contributed by atoms with Crippen LogP contribution in [0.15, 0.2) is 168 Å². The topological polar surface area (TPSA) is 16.4 Å². The van der Waals surface area contributed by atoms with Gasteiger partial charge in [0.1, 0.15) is 27.3 Å². The van der Waals surface area contributed by atoms with E-state index in [0.29, 0.717) is 0 Å². The second kappa shape index (κ2) is 11.3. The van der Waals surface area contributed by atoms with Crippen LogP contribution in [0.4, 0.5) is 17.1 Å². The normalized spacial score (nSPS) is 14.6. The van der Waals surface area contributed by atoms with Crippen LogP contribution in [0, 0.1) is 0 Å². The first-order valence-corrected chi connectivity index (χ1v) is 25.0.